The molecule has 0 aliphatic heterocycles. The average Bonchev–Trinajstić information content (AvgIpc) is 3.26. The van der Waals surface area contributed by atoms with E-state index < -0.39 is 22.8 Å². The largest absolute Gasteiger partial charge is 0.484 e. The van der Waals surface area contributed by atoms with E-state index in [2.05, 4.69) is 10.1 Å². The molecular weight excluding hydrogens is 283 g/mol. The number of esters is 1. The van der Waals surface area contributed by atoms with Crippen molar-refractivity contribution < 1.29 is 23.6 Å². The number of methoxy groups -OCH3 is 1. The molecule has 1 atom stereocenters. The number of halogens is 1. The van der Waals surface area contributed by atoms with Crippen molar-refractivity contribution in [1.29, 1.82) is 0 Å². The summed E-state index contributed by atoms with van der Waals surface area (Å²) in [5.74, 6) is -1.40. The zero-order chi connectivity index (χ0) is 15.4. The number of carbonyl (C=O) groups is 1. The quantitative estimate of drug-likeness (QED) is 0.465. The Morgan fingerprint density at radius 3 is 2.86 bits per heavy atom. The molecule has 1 unspecified atom stereocenters. The molecule has 1 N–H and O–H groups in total. The number of ether oxygens (including phenoxy) is 2. The Balaban J connectivity index is 2.07. The standard InChI is InChI=1S/C13H15FN2O5/c1-20-13(17)10(15-9-3-4-9)7-21-12-6-8(14)2-5-11(12)16(18)19/h2,5-6,9-10,15H,3-4,7H2,1H3. The van der Waals surface area contributed by atoms with Crippen LogP contribution in [0, 0.1) is 15.9 Å². The molecule has 0 aromatic heterocycles. The number of hydrogen-bond donors (Lipinski definition) is 1. The van der Waals surface area contributed by atoms with Crippen molar-refractivity contribution in [2.45, 2.75) is 24.9 Å². The van der Waals surface area contributed by atoms with Crippen LogP contribution in [0.3, 0.4) is 0 Å². The molecule has 114 valence electrons. The molecule has 1 fully saturated rings. The fraction of sp³-hybridized carbons (Fsp3) is 0.462. The van der Waals surface area contributed by atoms with E-state index in [1.54, 1.807) is 0 Å². The summed E-state index contributed by atoms with van der Waals surface area (Å²) < 4.78 is 23.1. The topological polar surface area (TPSA) is 90.7 Å². The molecule has 0 saturated heterocycles. The van der Waals surface area contributed by atoms with Gasteiger partial charge in [-0.1, -0.05) is 0 Å². The molecule has 0 heterocycles. The predicted molar refractivity (Wildman–Crippen MR) is 70.5 cm³/mol. The highest BCUT2D eigenvalue weighted by molar-refractivity contribution is 5.76. The van der Waals surface area contributed by atoms with Crippen molar-refractivity contribution in [3.63, 3.8) is 0 Å². The molecule has 0 spiro atoms. The van der Waals surface area contributed by atoms with E-state index in [9.17, 15) is 19.3 Å². The molecule has 8 heteroatoms. The minimum atomic E-state index is -0.745. The number of nitrogens with one attached hydrogen (secondary N) is 1. The number of carbonyl (C=O) groups excluding carboxylic acids is 1. The van der Waals surface area contributed by atoms with Gasteiger partial charge in [-0.15, -0.1) is 0 Å². The van der Waals surface area contributed by atoms with Gasteiger partial charge in [0.1, 0.15) is 18.5 Å². The summed E-state index contributed by atoms with van der Waals surface area (Å²) in [5, 5.41) is 13.9. The van der Waals surface area contributed by atoms with E-state index >= 15 is 0 Å². The van der Waals surface area contributed by atoms with Crippen molar-refractivity contribution in [2.75, 3.05) is 13.7 Å². The molecule has 1 aromatic carbocycles. The van der Waals surface area contributed by atoms with Gasteiger partial charge < -0.3 is 9.47 Å². The van der Waals surface area contributed by atoms with Crippen LogP contribution in [-0.4, -0.2) is 36.7 Å². The van der Waals surface area contributed by atoms with Gasteiger partial charge in [0.25, 0.3) is 0 Å². The van der Waals surface area contributed by atoms with Crippen LogP contribution in [0.5, 0.6) is 5.75 Å². The van der Waals surface area contributed by atoms with E-state index in [0.717, 1.165) is 31.0 Å². The molecule has 1 aliphatic rings. The van der Waals surface area contributed by atoms with Crippen LogP contribution in [0.1, 0.15) is 12.8 Å². The molecule has 1 saturated carbocycles. The Kier molecular flexibility index (Phi) is 4.69. The van der Waals surface area contributed by atoms with Gasteiger partial charge in [0.05, 0.1) is 12.0 Å². The van der Waals surface area contributed by atoms with Crippen LogP contribution in [0.25, 0.3) is 0 Å². The van der Waals surface area contributed by atoms with Crippen molar-refractivity contribution >= 4 is 11.7 Å². The van der Waals surface area contributed by atoms with Crippen molar-refractivity contribution in [2.24, 2.45) is 0 Å². The van der Waals surface area contributed by atoms with Gasteiger partial charge in [-0.2, -0.15) is 0 Å². The molecule has 7 nitrogen and oxygen atoms in total. The van der Waals surface area contributed by atoms with Crippen LogP contribution in [0.2, 0.25) is 0 Å². The van der Waals surface area contributed by atoms with Gasteiger partial charge in [-0.25, -0.2) is 4.39 Å². The van der Waals surface area contributed by atoms with E-state index in [0.29, 0.717) is 0 Å². The smallest absolute Gasteiger partial charge is 0.326 e. The first-order valence-corrected chi connectivity index (χ1v) is 6.42. The van der Waals surface area contributed by atoms with Crippen LogP contribution in [0.4, 0.5) is 10.1 Å². The third-order valence-corrected chi connectivity index (χ3v) is 3.02. The summed E-state index contributed by atoms with van der Waals surface area (Å²) in [7, 11) is 1.24. The lowest BCUT2D eigenvalue weighted by atomic mass is 10.2. The Labute approximate surface area is 120 Å². The van der Waals surface area contributed by atoms with Gasteiger partial charge >= 0.3 is 11.7 Å². The van der Waals surface area contributed by atoms with Crippen LogP contribution < -0.4 is 10.1 Å². The highest BCUT2D eigenvalue weighted by atomic mass is 19.1. The van der Waals surface area contributed by atoms with Gasteiger partial charge in [0, 0.05) is 18.2 Å². The minimum Gasteiger partial charge on any atom is -0.484 e. The molecule has 1 aromatic rings. The maximum atomic E-state index is 13.2. The first-order chi connectivity index (χ1) is 10.0. The molecule has 0 radical (unpaired) electrons. The molecule has 1 aliphatic carbocycles. The summed E-state index contributed by atoms with van der Waals surface area (Å²) in [4.78, 5) is 21.8. The molecule has 2 rings (SSSR count). The lowest BCUT2D eigenvalue weighted by Crippen LogP contribution is -2.43. The highest BCUT2D eigenvalue weighted by Gasteiger charge is 2.30. The monoisotopic (exact) mass is 298 g/mol. The summed E-state index contributed by atoms with van der Waals surface area (Å²) >= 11 is 0. The van der Waals surface area contributed by atoms with Crippen LogP contribution in [-0.2, 0) is 9.53 Å². The molecule has 0 bridgehead atoms. The Bertz CT molecular complexity index is 547. The second kappa shape index (κ2) is 6.49. The third kappa shape index (κ3) is 4.12. The zero-order valence-corrected chi connectivity index (χ0v) is 11.4. The van der Waals surface area contributed by atoms with Crippen molar-refractivity contribution in [1.82, 2.24) is 5.32 Å². The normalized spacial score (nSPS) is 15.3. The predicted octanol–water partition coefficient (Wildman–Crippen LogP) is 1.41. The van der Waals surface area contributed by atoms with Crippen LogP contribution >= 0.6 is 0 Å². The van der Waals surface area contributed by atoms with Gasteiger partial charge in [0.2, 0.25) is 0 Å². The minimum absolute atomic E-state index is 0.173. The number of benzene rings is 1. The Morgan fingerprint density at radius 1 is 1.57 bits per heavy atom. The Morgan fingerprint density at radius 2 is 2.29 bits per heavy atom. The fourth-order valence-corrected chi connectivity index (χ4v) is 1.79. The fourth-order valence-electron chi connectivity index (χ4n) is 1.79. The maximum absolute atomic E-state index is 13.2. The number of rotatable bonds is 7. The van der Waals surface area contributed by atoms with E-state index in [1.165, 1.54) is 7.11 Å². The van der Waals surface area contributed by atoms with Gasteiger partial charge in [-0.3, -0.25) is 20.2 Å². The van der Waals surface area contributed by atoms with E-state index in [1.807, 2.05) is 0 Å². The number of nitrogens with zero attached hydrogens (tertiary/aromatic N) is 1. The number of hydrogen-bond acceptors (Lipinski definition) is 6. The average molecular weight is 298 g/mol. The maximum Gasteiger partial charge on any atom is 0.326 e. The van der Waals surface area contributed by atoms with Crippen LogP contribution in [0.15, 0.2) is 18.2 Å². The summed E-state index contributed by atoms with van der Waals surface area (Å²) in [5.41, 5.74) is -0.355. The first-order valence-electron chi connectivity index (χ1n) is 6.42. The molecular formula is C13H15FN2O5. The van der Waals surface area contributed by atoms with E-state index in [-0.39, 0.29) is 24.1 Å². The summed E-state index contributed by atoms with van der Waals surface area (Å²) in [6.45, 7) is -0.173. The lowest BCUT2D eigenvalue weighted by molar-refractivity contribution is -0.385. The third-order valence-electron chi connectivity index (χ3n) is 3.02. The molecule has 21 heavy (non-hydrogen) atoms. The van der Waals surface area contributed by atoms with Crippen molar-refractivity contribution in [3.8, 4) is 5.75 Å². The zero-order valence-electron chi connectivity index (χ0n) is 11.4. The first kappa shape index (κ1) is 15.2. The SMILES string of the molecule is COC(=O)C(COc1cc(F)ccc1[N+](=O)[O-])NC1CC1. The lowest BCUT2D eigenvalue weighted by Gasteiger charge is -2.16. The summed E-state index contributed by atoms with van der Waals surface area (Å²) in [6, 6.07) is 2.39. The number of nitro groups is 1. The number of nitro benzene ring substituents is 1. The molecule has 0 amide bonds. The summed E-state index contributed by atoms with van der Waals surface area (Å²) in [6.07, 6.45) is 1.90. The second-order valence-corrected chi connectivity index (χ2v) is 4.70. The van der Waals surface area contributed by atoms with Crippen molar-refractivity contribution in [3.05, 3.63) is 34.1 Å². The van der Waals surface area contributed by atoms with Gasteiger partial charge in [0.15, 0.2) is 5.75 Å². The second-order valence-electron chi connectivity index (χ2n) is 4.70. The van der Waals surface area contributed by atoms with E-state index in [4.69, 9.17) is 4.74 Å². The Hall–Kier alpha value is -2.22. The van der Waals surface area contributed by atoms with Gasteiger partial charge in [-0.05, 0) is 18.9 Å². The highest BCUT2D eigenvalue weighted by Crippen LogP contribution is 2.28.